The van der Waals surface area contributed by atoms with Crippen molar-refractivity contribution in [1.82, 2.24) is 19.9 Å². The maximum atomic E-state index is 14.2. The summed E-state index contributed by atoms with van der Waals surface area (Å²) < 4.78 is 19.5. The molecular weight excluding hydrogens is 369 g/mol. The summed E-state index contributed by atoms with van der Waals surface area (Å²) in [5, 5.41) is 3.65. The first-order chi connectivity index (χ1) is 13.0. The lowest BCUT2D eigenvalue weighted by molar-refractivity contribution is 0.402. The number of nitrogens with one attached hydrogen (secondary N) is 1. The first-order valence-electron chi connectivity index (χ1n) is 8.19. The van der Waals surface area contributed by atoms with Crippen LogP contribution in [-0.2, 0) is 6.54 Å². The molecule has 8 heteroatoms. The van der Waals surface area contributed by atoms with Crippen LogP contribution < -0.4 is 10.1 Å². The number of methoxy groups -OCH3 is 1. The highest BCUT2D eigenvalue weighted by molar-refractivity contribution is 6.30. The predicted molar refractivity (Wildman–Crippen MR) is 104 cm³/mol. The summed E-state index contributed by atoms with van der Waals surface area (Å²) in [5.41, 5.74) is 2.03. The molecule has 1 N–H and O–H groups in total. The highest BCUT2D eigenvalue weighted by Crippen LogP contribution is 2.30. The maximum Gasteiger partial charge on any atom is 0.179 e. The number of anilines is 2. The van der Waals surface area contributed by atoms with E-state index in [1.807, 2.05) is 25.1 Å². The summed E-state index contributed by atoms with van der Waals surface area (Å²) in [4.78, 5) is 14.9. The Balaban J connectivity index is 2.02. The van der Waals surface area contributed by atoms with Crippen molar-refractivity contribution in [1.29, 1.82) is 0 Å². The van der Waals surface area contributed by atoms with Gasteiger partial charge in [-0.1, -0.05) is 11.6 Å². The van der Waals surface area contributed by atoms with Crippen LogP contribution in [0.5, 0.6) is 5.75 Å². The molecule has 0 fully saturated rings. The fraction of sp³-hybridized carbons (Fsp3) is 0.211. The minimum atomic E-state index is -0.451. The third kappa shape index (κ3) is 4.50. The third-order valence-corrected chi connectivity index (χ3v) is 4.02. The Morgan fingerprint density at radius 1 is 1.22 bits per heavy atom. The van der Waals surface area contributed by atoms with Gasteiger partial charge < -0.3 is 15.0 Å². The van der Waals surface area contributed by atoms with E-state index in [2.05, 4.69) is 20.3 Å². The van der Waals surface area contributed by atoms with Gasteiger partial charge in [-0.2, -0.15) is 0 Å². The molecule has 6 nitrogen and oxygen atoms in total. The van der Waals surface area contributed by atoms with Crippen molar-refractivity contribution in [2.75, 3.05) is 26.5 Å². The molecule has 0 amide bonds. The molecule has 2 heterocycles. The van der Waals surface area contributed by atoms with E-state index >= 15 is 0 Å². The van der Waals surface area contributed by atoms with E-state index in [0.29, 0.717) is 23.1 Å². The largest absolute Gasteiger partial charge is 0.491 e. The Bertz CT molecular complexity index is 951. The summed E-state index contributed by atoms with van der Waals surface area (Å²) in [6.45, 7) is 0.694. The number of aromatic nitrogens is 3. The zero-order valence-corrected chi connectivity index (χ0v) is 16.0. The van der Waals surface area contributed by atoms with E-state index in [4.69, 9.17) is 16.3 Å². The van der Waals surface area contributed by atoms with Gasteiger partial charge in [-0.15, -0.1) is 0 Å². The van der Waals surface area contributed by atoms with Crippen molar-refractivity contribution in [3.63, 3.8) is 0 Å². The second kappa shape index (κ2) is 8.28. The molecule has 0 bridgehead atoms. The molecule has 0 atom stereocenters. The van der Waals surface area contributed by atoms with Gasteiger partial charge >= 0.3 is 0 Å². The average molecular weight is 388 g/mol. The molecule has 0 saturated carbocycles. The minimum Gasteiger partial charge on any atom is -0.491 e. The Morgan fingerprint density at radius 2 is 2.04 bits per heavy atom. The molecule has 0 saturated heterocycles. The molecule has 1 aromatic carbocycles. The quantitative estimate of drug-likeness (QED) is 0.685. The van der Waals surface area contributed by atoms with Gasteiger partial charge in [0.2, 0.25) is 0 Å². The van der Waals surface area contributed by atoms with Crippen molar-refractivity contribution in [3.8, 4) is 17.1 Å². The van der Waals surface area contributed by atoms with Crippen molar-refractivity contribution in [2.45, 2.75) is 6.54 Å². The lowest BCUT2D eigenvalue weighted by Gasteiger charge is -2.16. The highest BCUT2D eigenvalue weighted by Gasteiger charge is 2.15. The molecule has 3 aromatic rings. The molecule has 0 aliphatic heterocycles. The first-order valence-corrected chi connectivity index (χ1v) is 8.57. The molecule has 140 valence electrons. The molecule has 27 heavy (non-hydrogen) atoms. The summed E-state index contributed by atoms with van der Waals surface area (Å²) >= 11 is 5.99. The minimum absolute atomic E-state index is 0.210. The van der Waals surface area contributed by atoms with Crippen LogP contribution in [0, 0.1) is 5.82 Å². The van der Waals surface area contributed by atoms with Gasteiger partial charge in [0, 0.05) is 35.2 Å². The Hall–Kier alpha value is -2.77. The first kappa shape index (κ1) is 19.0. The molecule has 3 rings (SSSR count). The monoisotopic (exact) mass is 387 g/mol. The highest BCUT2D eigenvalue weighted by atomic mass is 35.5. The van der Waals surface area contributed by atoms with Gasteiger partial charge in [0.05, 0.1) is 18.9 Å². The second-order valence-electron chi connectivity index (χ2n) is 6.13. The van der Waals surface area contributed by atoms with Crippen molar-refractivity contribution < 1.29 is 9.13 Å². The average Bonchev–Trinajstić information content (AvgIpc) is 2.65. The smallest absolute Gasteiger partial charge is 0.179 e. The number of ether oxygens (including phenoxy) is 1. The van der Waals surface area contributed by atoms with Gasteiger partial charge in [-0.05, 0) is 38.4 Å². The lowest BCUT2D eigenvalue weighted by Crippen LogP contribution is -2.12. The fourth-order valence-corrected chi connectivity index (χ4v) is 2.72. The zero-order chi connectivity index (χ0) is 19.4. The van der Waals surface area contributed by atoms with Crippen LogP contribution in [0.4, 0.5) is 15.9 Å². The number of benzene rings is 1. The standard InChI is InChI=1S/C19H19ClFN5O/c1-26(2)11-12-9-22-7-6-16(12)24-19-17(27-3)10-23-18(25-19)14-8-13(20)4-5-15(14)21/h4-10H,11H2,1-3H3,(H,22,23,24,25). The van der Waals surface area contributed by atoms with Crippen LogP contribution in [0.1, 0.15) is 5.56 Å². The van der Waals surface area contributed by atoms with Crippen molar-refractivity contribution >= 4 is 23.1 Å². The Morgan fingerprint density at radius 3 is 2.78 bits per heavy atom. The third-order valence-electron chi connectivity index (χ3n) is 3.79. The summed E-state index contributed by atoms with van der Waals surface area (Å²) in [6, 6.07) is 6.11. The topological polar surface area (TPSA) is 63.2 Å². The van der Waals surface area contributed by atoms with E-state index in [9.17, 15) is 4.39 Å². The SMILES string of the molecule is COc1cnc(-c2cc(Cl)ccc2F)nc1Nc1ccncc1CN(C)C. The maximum absolute atomic E-state index is 14.2. The lowest BCUT2D eigenvalue weighted by atomic mass is 10.2. The molecular formula is C19H19ClFN5O. The van der Waals surface area contributed by atoms with Crippen LogP contribution in [0.2, 0.25) is 5.02 Å². The number of pyridine rings is 1. The zero-order valence-electron chi connectivity index (χ0n) is 15.2. The van der Waals surface area contributed by atoms with Gasteiger partial charge in [-0.3, -0.25) is 4.98 Å². The van der Waals surface area contributed by atoms with Gasteiger partial charge in [0.15, 0.2) is 17.4 Å². The summed E-state index contributed by atoms with van der Waals surface area (Å²) in [6.07, 6.45) is 4.97. The molecule has 0 spiro atoms. The second-order valence-corrected chi connectivity index (χ2v) is 6.57. The number of nitrogens with zero attached hydrogens (tertiary/aromatic N) is 4. The van der Waals surface area contributed by atoms with Crippen LogP contribution in [0.3, 0.4) is 0 Å². The van der Waals surface area contributed by atoms with Gasteiger partial charge in [0.25, 0.3) is 0 Å². The fourth-order valence-electron chi connectivity index (χ4n) is 2.55. The van der Waals surface area contributed by atoms with Crippen molar-refractivity contribution in [3.05, 3.63) is 59.3 Å². The van der Waals surface area contributed by atoms with Gasteiger partial charge in [0.1, 0.15) is 5.82 Å². The van der Waals surface area contributed by atoms with Crippen molar-refractivity contribution in [2.24, 2.45) is 0 Å². The molecule has 0 radical (unpaired) electrons. The summed E-state index contributed by atoms with van der Waals surface area (Å²) in [7, 11) is 5.47. The normalized spacial score (nSPS) is 10.9. The van der Waals surface area contributed by atoms with E-state index in [1.54, 1.807) is 12.4 Å². The molecule has 0 aliphatic rings. The molecule has 2 aromatic heterocycles. The van der Waals surface area contributed by atoms with Crippen LogP contribution in [0.15, 0.2) is 42.9 Å². The van der Waals surface area contributed by atoms with Crippen LogP contribution in [0.25, 0.3) is 11.4 Å². The predicted octanol–water partition coefficient (Wildman–Crippen LogP) is 4.14. The number of hydrogen-bond acceptors (Lipinski definition) is 6. The Kier molecular flexibility index (Phi) is 5.83. The van der Waals surface area contributed by atoms with E-state index in [-0.39, 0.29) is 11.4 Å². The van der Waals surface area contributed by atoms with Crippen LogP contribution >= 0.6 is 11.6 Å². The number of halogens is 2. The van der Waals surface area contributed by atoms with E-state index in [0.717, 1.165) is 11.3 Å². The summed E-state index contributed by atoms with van der Waals surface area (Å²) in [5.74, 6) is 0.621. The van der Waals surface area contributed by atoms with Crippen LogP contribution in [-0.4, -0.2) is 41.1 Å². The molecule has 0 unspecified atom stereocenters. The number of hydrogen-bond donors (Lipinski definition) is 1. The molecule has 0 aliphatic carbocycles. The Labute approximate surface area is 162 Å². The van der Waals surface area contributed by atoms with E-state index < -0.39 is 5.82 Å². The van der Waals surface area contributed by atoms with E-state index in [1.165, 1.54) is 31.5 Å². The van der Waals surface area contributed by atoms with Gasteiger partial charge in [-0.25, -0.2) is 14.4 Å². The number of rotatable bonds is 6.